The van der Waals surface area contributed by atoms with Crippen LogP contribution in [-0.2, 0) is 16.0 Å². The number of hydrogen-bond acceptors (Lipinski definition) is 4. The van der Waals surface area contributed by atoms with Gasteiger partial charge in [0.2, 0.25) is 6.41 Å². The third-order valence-electron chi connectivity index (χ3n) is 4.69. The van der Waals surface area contributed by atoms with Crippen molar-refractivity contribution in [2.24, 2.45) is 0 Å². The van der Waals surface area contributed by atoms with Gasteiger partial charge in [-0.25, -0.2) is 0 Å². The summed E-state index contributed by atoms with van der Waals surface area (Å²) in [4.78, 5) is 10.9. The molecule has 27 heavy (non-hydrogen) atoms. The van der Waals surface area contributed by atoms with Crippen LogP contribution in [0.1, 0.15) is 44.8 Å². The molecule has 5 heteroatoms. The number of rotatable bonds is 4. The molecule has 0 bridgehead atoms. The Morgan fingerprint density at radius 3 is 2.52 bits per heavy atom. The van der Waals surface area contributed by atoms with Crippen LogP contribution in [0.5, 0.6) is 5.75 Å². The molecule has 0 radical (unpaired) electrons. The van der Waals surface area contributed by atoms with Crippen LogP contribution in [0.2, 0.25) is 0 Å². The highest BCUT2D eigenvalue weighted by Crippen LogP contribution is 2.42. The largest absolute Gasteiger partial charge is 0.492 e. The van der Waals surface area contributed by atoms with Crippen molar-refractivity contribution in [3.63, 3.8) is 0 Å². The van der Waals surface area contributed by atoms with Crippen LogP contribution >= 0.6 is 0 Å². The van der Waals surface area contributed by atoms with E-state index < -0.39 is 0 Å². The summed E-state index contributed by atoms with van der Waals surface area (Å²) in [6, 6.07) is 12.3. The Hall–Kier alpha value is -2.84. The van der Waals surface area contributed by atoms with Gasteiger partial charge in [-0.15, -0.1) is 0 Å². The van der Waals surface area contributed by atoms with Crippen molar-refractivity contribution in [1.82, 2.24) is 0 Å². The van der Waals surface area contributed by atoms with Crippen LogP contribution in [0, 0.1) is 11.3 Å². The fraction of sp³-hybridized carbons (Fsp3) is 0.364. The first-order valence-corrected chi connectivity index (χ1v) is 9.20. The molecule has 0 unspecified atom stereocenters. The number of carbonyl (C=O) groups is 1. The second-order valence-corrected chi connectivity index (χ2v) is 7.05. The molecule has 0 aromatic heterocycles. The first-order valence-electron chi connectivity index (χ1n) is 9.20. The van der Waals surface area contributed by atoms with Gasteiger partial charge in [-0.3, -0.25) is 4.79 Å². The summed E-state index contributed by atoms with van der Waals surface area (Å²) < 4.78 is 10.5. The molecule has 2 aliphatic rings. The number of carbonyl (C=O) groups excluding carboxylic acids is 1. The van der Waals surface area contributed by atoms with E-state index in [1.54, 1.807) is 0 Å². The minimum atomic E-state index is 0. The van der Waals surface area contributed by atoms with Crippen molar-refractivity contribution in [1.29, 1.82) is 5.26 Å². The molecule has 0 aliphatic carbocycles. The maximum Gasteiger partial charge on any atom is 0.211 e. The molecule has 1 saturated heterocycles. The maximum atomic E-state index is 10.9. The molecular formula is C22H26N2O3. The Bertz CT molecular complexity index is 869. The summed E-state index contributed by atoms with van der Waals surface area (Å²) in [5.41, 5.74) is 5.11. The molecule has 1 fully saturated rings. The van der Waals surface area contributed by atoms with Crippen LogP contribution in [-0.4, -0.2) is 25.7 Å². The molecular weight excluding hydrogens is 340 g/mol. The van der Waals surface area contributed by atoms with Crippen molar-refractivity contribution in [3.8, 4) is 22.9 Å². The maximum absolute atomic E-state index is 10.9. The normalized spacial score (nSPS) is 16.5. The number of nitrogens with zero attached hydrogens (tertiary/aromatic N) is 1. The monoisotopic (exact) mass is 366 g/mol. The summed E-state index contributed by atoms with van der Waals surface area (Å²) in [6.07, 6.45) is 1.87. The topological polar surface area (TPSA) is 74.7 Å². The number of anilines is 1. The second-order valence-electron chi connectivity index (χ2n) is 7.05. The van der Waals surface area contributed by atoms with Gasteiger partial charge in [0.05, 0.1) is 30.6 Å². The number of hydrogen-bond donors (Lipinski definition) is 1. The predicted molar refractivity (Wildman–Crippen MR) is 107 cm³/mol. The lowest BCUT2D eigenvalue weighted by Gasteiger charge is -2.14. The zero-order chi connectivity index (χ0) is 19.4. The quantitative estimate of drug-likeness (QED) is 0.638. The highest BCUT2D eigenvalue weighted by molar-refractivity contribution is 5.85. The lowest BCUT2D eigenvalue weighted by molar-refractivity contribution is -0.105. The van der Waals surface area contributed by atoms with Gasteiger partial charge in [-0.1, -0.05) is 38.1 Å². The number of fused-ring (bicyclic) bond motifs is 1. The van der Waals surface area contributed by atoms with Gasteiger partial charge in [0, 0.05) is 19.0 Å². The molecule has 4 rings (SSSR count). The Morgan fingerprint density at radius 1 is 1.33 bits per heavy atom. The lowest BCUT2D eigenvalue weighted by Crippen LogP contribution is -2.00. The third kappa shape index (κ3) is 4.29. The molecule has 2 aromatic rings. The van der Waals surface area contributed by atoms with E-state index in [0.717, 1.165) is 29.0 Å². The number of nitriles is 1. The fourth-order valence-electron chi connectivity index (χ4n) is 3.04. The van der Waals surface area contributed by atoms with Crippen molar-refractivity contribution in [3.05, 3.63) is 47.0 Å². The lowest BCUT2D eigenvalue weighted by atomic mass is 9.94. The first kappa shape index (κ1) is 18.9. The molecule has 1 N–H and O–H groups in total. The summed E-state index contributed by atoms with van der Waals surface area (Å²) >= 11 is 0. The predicted octanol–water partition coefficient (Wildman–Crippen LogP) is 4.50. The van der Waals surface area contributed by atoms with Crippen molar-refractivity contribution < 1.29 is 15.7 Å². The molecule has 2 aromatic carbocycles. The highest BCUT2D eigenvalue weighted by atomic mass is 16.6. The molecule has 1 atom stereocenters. The van der Waals surface area contributed by atoms with Crippen molar-refractivity contribution in [2.45, 2.75) is 39.2 Å². The van der Waals surface area contributed by atoms with E-state index in [1.807, 2.05) is 6.07 Å². The van der Waals surface area contributed by atoms with E-state index in [0.29, 0.717) is 42.7 Å². The van der Waals surface area contributed by atoms with E-state index >= 15 is 0 Å². The molecule has 0 spiro atoms. The average Bonchev–Trinajstić information content (AvgIpc) is 3.30. The van der Waals surface area contributed by atoms with Gasteiger partial charge in [-0.2, -0.15) is 5.26 Å². The number of epoxide rings is 1. The third-order valence-corrected chi connectivity index (χ3v) is 4.69. The van der Waals surface area contributed by atoms with E-state index in [2.05, 4.69) is 56.4 Å². The van der Waals surface area contributed by atoms with Gasteiger partial charge in [0.15, 0.2) is 0 Å². The van der Waals surface area contributed by atoms with Gasteiger partial charge in [0.25, 0.3) is 0 Å². The zero-order valence-electron chi connectivity index (χ0n) is 15.9. The molecule has 2 heterocycles. The minimum Gasteiger partial charge on any atom is -0.492 e. The minimum absolute atomic E-state index is 0. The first-order chi connectivity index (χ1) is 13.0. The Labute approximate surface area is 161 Å². The van der Waals surface area contributed by atoms with Crippen LogP contribution in [0.25, 0.3) is 11.1 Å². The van der Waals surface area contributed by atoms with Crippen LogP contribution < -0.4 is 10.1 Å². The van der Waals surface area contributed by atoms with E-state index in [4.69, 9.17) is 9.47 Å². The Balaban J connectivity index is 0.000000499. The fourth-order valence-corrected chi connectivity index (χ4v) is 3.04. The van der Waals surface area contributed by atoms with Gasteiger partial charge >= 0.3 is 0 Å². The molecule has 5 nitrogen and oxygen atoms in total. The van der Waals surface area contributed by atoms with Crippen LogP contribution in [0.15, 0.2) is 30.3 Å². The molecule has 2 aliphatic heterocycles. The Kier molecular flexibility index (Phi) is 5.78. The van der Waals surface area contributed by atoms with Crippen molar-refractivity contribution in [2.75, 3.05) is 18.5 Å². The van der Waals surface area contributed by atoms with Gasteiger partial charge in [-0.05, 0) is 30.0 Å². The molecule has 142 valence electrons. The molecule has 1 amide bonds. The summed E-state index contributed by atoms with van der Waals surface area (Å²) in [6.45, 7) is 7.92. The number of nitrogens with one attached hydrogen (secondary N) is 1. The van der Waals surface area contributed by atoms with E-state index in [9.17, 15) is 10.1 Å². The smallest absolute Gasteiger partial charge is 0.211 e. The zero-order valence-corrected chi connectivity index (χ0v) is 15.9. The van der Waals surface area contributed by atoms with Gasteiger partial charge in [0.1, 0.15) is 11.8 Å². The van der Waals surface area contributed by atoms with Crippen molar-refractivity contribution >= 4 is 12.1 Å². The highest BCUT2D eigenvalue weighted by Gasteiger charge is 2.24. The van der Waals surface area contributed by atoms with Gasteiger partial charge < -0.3 is 14.8 Å². The average molecular weight is 366 g/mol. The molecule has 0 saturated carbocycles. The number of amides is 1. The van der Waals surface area contributed by atoms with Crippen LogP contribution in [0.4, 0.5) is 5.69 Å². The number of ether oxygens (including phenoxy) is 2. The SMILES string of the molecule is CC(C)c1ccc(-c2cc(NC=O)c(C#N)c3c2OCC3)cc1.C[C@@H]1CO1.[HH]. The van der Waals surface area contributed by atoms with E-state index in [-0.39, 0.29) is 1.43 Å². The van der Waals surface area contributed by atoms with Crippen LogP contribution in [0.3, 0.4) is 0 Å². The summed E-state index contributed by atoms with van der Waals surface area (Å²) in [5, 5.41) is 12.0. The standard InChI is InChI=1S/C19H18N2O2.C3H6O.H2/c1-12(2)13-3-5-14(6-4-13)16-9-18(21-11-22)17(10-20)15-7-8-23-19(15)16;1-3-2-4-3;/h3-6,9,11-12H,7-8H2,1-2H3,(H,21,22);3H,2H2,1H3;1H/t;3-;/m.1./s1. The van der Waals surface area contributed by atoms with E-state index in [1.165, 1.54) is 5.56 Å². The summed E-state index contributed by atoms with van der Waals surface area (Å²) in [7, 11) is 0. The number of benzene rings is 2. The second kappa shape index (κ2) is 8.24. The summed E-state index contributed by atoms with van der Waals surface area (Å²) in [5.74, 6) is 1.23. The Morgan fingerprint density at radius 2 is 2.00 bits per heavy atom.